The molecule has 1 aliphatic rings. The van der Waals surface area contributed by atoms with E-state index in [0.29, 0.717) is 10.6 Å². The summed E-state index contributed by atoms with van der Waals surface area (Å²) in [7, 11) is 0. The molecule has 2 heterocycles. The maximum atomic E-state index is 12.4. The summed E-state index contributed by atoms with van der Waals surface area (Å²) in [6.07, 6.45) is 0.554. The average molecular weight is 386 g/mol. The van der Waals surface area contributed by atoms with Gasteiger partial charge in [0.1, 0.15) is 5.60 Å². The lowest BCUT2D eigenvalue weighted by Crippen LogP contribution is -2.34. The van der Waals surface area contributed by atoms with E-state index in [4.69, 9.17) is 14.0 Å². The molecule has 0 spiro atoms. The average Bonchev–Trinajstić information content (AvgIpc) is 3.18. The Kier molecular flexibility index (Phi) is 4.91. The van der Waals surface area contributed by atoms with Crippen molar-refractivity contribution in [2.45, 2.75) is 32.9 Å². The maximum Gasteiger partial charge on any atom is 0.407 e. The van der Waals surface area contributed by atoms with Gasteiger partial charge in [-0.25, -0.2) is 9.59 Å². The normalized spacial score (nSPS) is 13.3. The Morgan fingerprint density at radius 3 is 2.25 bits per heavy atom. The summed E-state index contributed by atoms with van der Waals surface area (Å²) < 4.78 is 10.2. The Bertz CT molecular complexity index is 920. The molecule has 0 radical (unpaired) electrons. The van der Waals surface area contributed by atoms with Gasteiger partial charge in [0.15, 0.2) is 0 Å². The van der Waals surface area contributed by atoms with Gasteiger partial charge in [-0.15, -0.1) is 0 Å². The monoisotopic (exact) mass is 386 g/mol. The summed E-state index contributed by atoms with van der Waals surface area (Å²) in [5, 5.41) is 2.88. The number of hydroxylamine groups is 2. The molecule has 0 unspecified atom stereocenters. The van der Waals surface area contributed by atoms with Crippen LogP contribution in [0.1, 0.15) is 57.6 Å². The van der Waals surface area contributed by atoms with E-state index in [0.717, 1.165) is 0 Å². The largest absolute Gasteiger partial charge is 0.457 e. The Morgan fingerprint density at radius 2 is 1.68 bits per heavy atom. The molecule has 1 aromatic heterocycles. The molecule has 9 nitrogen and oxygen atoms in total. The zero-order chi connectivity index (χ0) is 20.5. The molecule has 0 fully saturated rings. The van der Waals surface area contributed by atoms with E-state index in [1.54, 1.807) is 32.9 Å². The molecule has 28 heavy (non-hydrogen) atoms. The summed E-state index contributed by atoms with van der Waals surface area (Å²) in [4.78, 5) is 53.6. The van der Waals surface area contributed by atoms with E-state index in [-0.39, 0.29) is 23.4 Å². The molecule has 0 saturated carbocycles. The molecule has 3 amide bonds. The quantitative estimate of drug-likeness (QED) is 0.803. The number of carbonyl (C=O) groups is 4. The highest BCUT2D eigenvalue weighted by Gasteiger charge is 2.39. The molecule has 1 aliphatic heterocycles. The zero-order valence-corrected chi connectivity index (χ0v) is 15.5. The van der Waals surface area contributed by atoms with Crippen LogP contribution in [0.2, 0.25) is 0 Å². The minimum absolute atomic E-state index is 0.0715. The Morgan fingerprint density at radius 1 is 1.07 bits per heavy atom. The zero-order valence-electron chi connectivity index (χ0n) is 15.5. The lowest BCUT2D eigenvalue weighted by molar-refractivity contribution is -0.0604. The van der Waals surface area contributed by atoms with Gasteiger partial charge in [-0.05, 0) is 39.0 Å². The summed E-state index contributed by atoms with van der Waals surface area (Å²) in [5.74, 6) is -2.77. The van der Waals surface area contributed by atoms with Crippen molar-refractivity contribution < 1.29 is 33.2 Å². The molecular weight excluding hydrogens is 368 g/mol. The number of rotatable bonds is 4. The lowest BCUT2D eigenvalue weighted by Gasteiger charge is -2.19. The molecule has 0 aliphatic carbocycles. The first-order valence-electron chi connectivity index (χ1n) is 8.40. The highest BCUT2D eigenvalue weighted by atomic mass is 16.7. The van der Waals surface area contributed by atoms with Gasteiger partial charge >= 0.3 is 12.1 Å². The van der Waals surface area contributed by atoms with Crippen LogP contribution in [-0.4, -0.2) is 34.5 Å². The van der Waals surface area contributed by atoms with E-state index < -0.39 is 29.5 Å². The maximum absolute atomic E-state index is 12.4. The van der Waals surface area contributed by atoms with Crippen LogP contribution in [0.15, 0.2) is 41.0 Å². The second-order valence-electron chi connectivity index (χ2n) is 6.96. The number of fused-ring (bicyclic) bond motifs is 1. The molecule has 3 rings (SSSR count). The predicted octanol–water partition coefficient (Wildman–Crippen LogP) is 2.67. The minimum atomic E-state index is -1.04. The van der Waals surface area contributed by atoms with E-state index >= 15 is 0 Å². The van der Waals surface area contributed by atoms with Gasteiger partial charge < -0.3 is 19.3 Å². The van der Waals surface area contributed by atoms with Gasteiger partial charge in [-0.1, -0.05) is 17.2 Å². The number of amides is 3. The van der Waals surface area contributed by atoms with Crippen LogP contribution >= 0.6 is 0 Å². The van der Waals surface area contributed by atoms with E-state index in [1.165, 1.54) is 24.5 Å². The first-order valence-corrected chi connectivity index (χ1v) is 8.40. The van der Waals surface area contributed by atoms with E-state index in [2.05, 4.69) is 5.32 Å². The van der Waals surface area contributed by atoms with Crippen molar-refractivity contribution in [3.63, 3.8) is 0 Å². The Labute approximate surface area is 160 Å². The van der Waals surface area contributed by atoms with Crippen LogP contribution in [0, 0.1) is 0 Å². The molecule has 9 heteroatoms. The number of hydrogen-bond acceptors (Lipinski definition) is 7. The first-order chi connectivity index (χ1) is 13.2. The number of ether oxygens (including phenoxy) is 1. The number of benzene rings is 1. The van der Waals surface area contributed by atoms with Gasteiger partial charge in [0.2, 0.25) is 5.76 Å². The Hall–Kier alpha value is -3.62. The second-order valence-corrected chi connectivity index (χ2v) is 6.96. The van der Waals surface area contributed by atoms with Crippen molar-refractivity contribution in [2.24, 2.45) is 0 Å². The predicted molar refractivity (Wildman–Crippen MR) is 94.1 cm³/mol. The number of imide groups is 1. The first kappa shape index (κ1) is 19.2. The van der Waals surface area contributed by atoms with Crippen molar-refractivity contribution >= 4 is 23.9 Å². The Balaban J connectivity index is 1.67. The molecule has 0 atom stereocenters. The molecule has 2 aromatic rings. The number of nitrogens with one attached hydrogen (secondary N) is 1. The number of hydrogen-bond donors (Lipinski definition) is 1. The SMILES string of the molecule is CC(C)(C)OC(=O)NCc1ccoc1C(=O)ON1C(=O)c2ccccc2C1=O. The molecule has 146 valence electrons. The van der Waals surface area contributed by atoms with E-state index in [1.807, 2.05) is 0 Å². The van der Waals surface area contributed by atoms with Gasteiger partial charge in [0.25, 0.3) is 11.8 Å². The summed E-state index contributed by atoms with van der Waals surface area (Å²) >= 11 is 0. The fourth-order valence-electron chi connectivity index (χ4n) is 2.51. The van der Waals surface area contributed by atoms with Crippen molar-refractivity contribution in [3.05, 3.63) is 59.0 Å². The van der Waals surface area contributed by atoms with Gasteiger partial charge in [-0.2, -0.15) is 0 Å². The third kappa shape index (κ3) is 3.88. The topological polar surface area (TPSA) is 115 Å². The molecule has 0 saturated heterocycles. The lowest BCUT2D eigenvalue weighted by atomic mass is 10.1. The molecular formula is C19H18N2O7. The van der Waals surface area contributed by atoms with Crippen molar-refractivity contribution in [3.8, 4) is 0 Å². The number of nitrogens with zero attached hydrogens (tertiary/aromatic N) is 1. The third-order valence-corrected chi connectivity index (χ3v) is 3.69. The van der Waals surface area contributed by atoms with E-state index in [9.17, 15) is 19.2 Å². The van der Waals surface area contributed by atoms with Crippen LogP contribution in [-0.2, 0) is 16.1 Å². The standard InChI is InChI=1S/C19H18N2O7/c1-19(2,3)27-18(25)20-10-11-8-9-26-14(11)17(24)28-21-15(22)12-6-4-5-7-13(12)16(21)23/h4-9H,10H2,1-3H3,(H,20,25). The van der Waals surface area contributed by atoms with Gasteiger partial charge in [0, 0.05) is 5.56 Å². The van der Waals surface area contributed by atoms with Crippen LogP contribution in [0.25, 0.3) is 0 Å². The van der Waals surface area contributed by atoms with Crippen LogP contribution < -0.4 is 5.32 Å². The van der Waals surface area contributed by atoms with Crippen LogP contribution in [0.3, 0.4) is 0 Å². The molecule has 0 bridgehead atoms. The van der Waals surface area contributed by atoms with Crippen molar-refractivity contribution in [2.75, 3.05) is 0 Å². The third-order valence-electron chi connectivity index (χ3n) is 3.69. The minimum Gasteiger partial charge on any atom is -0.457 e. The number of furan rings is 1. The van der Waals surface area contributed by atoms with Crippen LogP contribution in [0.5, 0.6) is 0 Å². The highest BCUT2D eigenvalue weighted by Crippen LogP contribution is 2.24. The smallest absolute Gasteiger partial charge is 0.407 e. The van der Waals surface area contributed by atoms with Crippen molar-refractivity contribution in [1.82, 2.24) is 10.4 Å². The van der Waals surface area contributed by atoms with Crippen LogP contribution in [0.4, 0.5) is 4.79 Å². The van der Waals surface area contributed by atoms with Gasteiger partial charge in [-0.3, -0.25) is 9.59 Å². The number of alkyl carbamates (subject to hydrolysis) is 1. The fraction of sp³-hybridized carbons (Fsp3) is 0.263. The van der Waals surface area contributed by atoms with Crippen molar-refractivity contribution in [1.29, 1.82) is 0 Å². The summed E-state index contributed by atoms with van der Waals surface area (Å²) in [6, 6.07) is 7.58. The number of carbonyl (C=O) groups excluding carboxylic acids is 4. The van der Waals surface area contributed by atoms with Gasteiger partial charge in [0.05, 0.1) is 23.9 Å². The second kappa shape index (κ2) is 7.18. The highest BCUT2D eigenvalue weighted by molar-refractivity contribution is 6.21. The molecule has 1 N–H and O–H groups in total. The summed E-state index contributed by atoms with van der Waals surface area (Å²) in [6.45, 7) is 5.08. The fourth-order valence-corrected chi connectivity index (χ4v) is 2.51. The molecule has 1 aromatic carbocycles. The summed E-state index contributed by atoms with van der Waals surface area (Å²) in [5.41, 5.74) is -0.0844.